The number of rotatable bonds is 2. The van der Waals surface area contributed by atoms with Crippen molar-refractivity contribution in [2.75, 3.05) is 0 Å². The van der Waals surface area contributed by atoms with Crippen molar-refractivity contribution >= 4 is 56.9 Å². The van der Waals surface area contributed by atoms with Gasteiger partial charge in [-0.1, -0.05) is 88.9 Å². The summed E-state index contributed by atoms with van der Waals surface area (Å²) in [4.78, 5) is 5.28. The van der Waals surface area contributed by atoms with Crippen LogP contribution in [0.4, 0.5) is 0 Å². The second kappa shape index (κ2) is 7.53. The molecular formula is C32H31NOSi. The van der Waals surface area contributed by atoms with Gasteiger partial charge in [-0.3, -0.25) is 0 Å². The Balaban J connectivity index is 1.76. The van der Waals surface area contributed by atoms with E-state index in [0.29, 0.717) is 0 Å². The van der Waals surface area contributed by atoms with Crippen LogP contribution >= 0.6 is 0 Å². The summed E-state index contributed by atoms with van der Waals surface area (Å²) in [6.07, 6.45) is 0. The fourth-order valence-corrected chi connectivity index (χ4v) is 6.77. The zero-order chi connectivity index (χ0) is 24.5. The van der Waals surface area contributed by atoms with Gasteiger partial charge in [0.2, 0.25) is 0 Å². The zero-order valence-corrected chi connectivity index (χ0v) is 22.4. The van der Waals surface area contributed by atoms with Crippen molar-refractivity contribution in [3.05, 3.63) is 84.4 Å². The van der Waals surface area contributed by atoms with E-state index in [2.05, 4.69) is 113 Å². The number of fused-ring (bicyclic) bond motifs is 6. The van der Waals surface area contributed by atoms with Gasteiger partial charge < -0.3 is 4.42 Å². The van der Waals surface area contributed by atoms with E-state index in [0.717, 1.165) is 38.7 Å². The maximum atomic E-state index is 6.48. The average Bonchev–Trinajstić information content (AvgIpc) is 3.20. The Morgan fingerprint density at radius 3 is 2.20 bits per heavy atom. The van der Waals surface area contributed by atoms with Gasteiger partial charge in [-0.15, -0.1) is 0 Å². The van der Waals surface area contributed by atoms with Crippen molar-refractivity contribution in [1.82, 2.24) is 4.98 Å². The Kier molecular flexibility index (Phi) is 4.75. The van der Waals surface area contributed by atoms with Crippen LogP contribution in [0.15, 0.2) is 83.3 Å². The lowest BCUT2D eigenvalue weighted by Gasteiger charge is -2.23. The molecule has 35 heavy (non-hydrogen) atoms. The third-order valence-corrected chi connectivity index (χ3v) is 9.14. The molecule has 3 heteroatoms. The molecule has 0 saturated heterocycles. The molecule has 0 atom stereocenters. The lowest BCUT2D eigenvalue weighted by Crippen LogP contribution is -2.38. The summed E-state index contributed by atoms with van der Waals surface area (Å²) in [6, 6.07) is 28.4. The molecule has 4 aromatic carbocycles. The summed E-state index contributed by atoms with van der Waals surface area (Å²) in [5.74, 6) is 0. The second-order valence-electron chi connectivity index (χ2n) is 11.7. The first-order valence-corrected chi connectivity index (χ1v) is 15.9. The minimum Gasteiger partial charge on any atom is -0.455 e. The molecular weight excluding hydrogens is 442 g/mol. The van der Waals surface area contributed by atoms with Crippen LogP contribution in [0.5, 0.6) is 0 Å². The molecule has 2 aromatic heterocycles. The van der Waals surface area contributed by atoms with E-state index in [1.54, 1.807) is 0 Å². The van der Waals surface area contributed by atoms with Gasteiger partial charge in [-0.05, 0) is 57.3 Å². The highest BCUT2D eigenvalue weighted by atomic mass is 28.3. The summed E-state index contributed by atoms with van der Waals surface area (Å²) in [5, 5.41) is 7.63. The van der Waals surface area contributed by atoms with Crippen LogP contribution in [0.3, 0.4) is 0 Å². The zero-order valence-electron chi connectivity index (χ0n) is 21.4. The molecule has 6 aromatic rings. The van der Waals surface area contributed by atoms with Crippen molar-refractivity contribution in [1.29, 1.82) is 0 Å². The molecule has 174 valence electrons. The molecule has 0 saturated carbocycles. The Bertz CT molecular complexity index is 1760. The molecule has 0 fully saturated rings. The quantitative estimate of drug-likeness (QED) is 0.185. The molecule has 0 amide bonds. The van der Waals surface area contributed by atoms with E-state index >= 15 is 0 Å². The fourth-order valence-electron chi connectivity index (χ4n) is 5.19. The summed E-state index contributed by atoms with van der Waals surface area (Å²) < 4.78 is 6.48. The highest BCUT2D eigenvalue weighted by molar-refractivity contribution is 6.90. The highest BCUT2D eigenvalue weighted by Gasteiger charge is 2.25. The van der Waals surface area contributed by atoms with Crippen molar-refractivity contribution in [2.45, 2.75) is 45.8 Å². The number of benzene rings is 4. The maximum Gasteiger partial charge on any atom is 0.144 e. The number of furan rings is 1. The molecule has 6 rings (SSSR count). The summed E-state index contributed by atoms with van der Waals surface area (Å²) in [6.45, 7) is 14.1. The lowest BCUT2D eigenvalue weighted by atomic mass is 9.84. The van der Waals surface area contributed by atoms with Crippen molar-refractivity contribution < 1.29 is 4.42 Å². The Labute approximate surface area is 207 Å². The predicted octanol–water partition coefficient (Wildman–Crippen LogP) is 8.80. The number of hydrogen-bond donors (Lipinski definition) is 0. The molecule has 0 radical (unpaired) electrons. The summed E-state index contributed by atoms with van der Waals surface area (Å²) in [7, 11) is -1.70. The monoisotopic (exact) mass is 473 g/mol. The van der Waals surface area contributed by atoms with Gasteiger partial charge >= 0.3 is 0 Å². The van der Waals surface area contributed by atoms with Crippen molar-refractivity contribution in [3.63, 3.8) is 0 Å². The summed E-state index contributed by atoms with van der Waals surface area (Å²) >= 11 is 0. The van der Waals surface area contributed by atoms with Gasteiger partial charge in [0.1, 0.15) is 11.2 Å². The minimum absolute atomic E-state index is 0.00989. The van der Waals surface area contributed by atoms with Gasteiger partial charge in [0.15, 0.2) is 0 Å². The first-order chi connectivity index (χ1) is 16.6. The van der Waals surface area contributed by atoms with Gasteiger partial charge in [0, 0.05) is 21.7 Å². The van der Waals surface area contributed by atoms with Crippen LogP contribution in [-0.2, 0) is 5.41 Å². The molecule has 2 heterocycles. The third-order valence-electron chi connectivity index (χ3n) is 7.13. The van der Waals surface area contributed by atoms with Crippen LogP contribution in [0.25, 0.3) is 54.9 Å². The molecule has 0 N–H and O–H groups in total. The Morgan fingerprint density at radius 1 is 0.743 bits per heavy atom. The SMILES string of the molecule is CC(C)(C)c1cc(-c2cc([Si](C)(C)C)c3c(ccc4ccccc43)n2)c2oc3ccccc3c2c1. The van der Waals surface area contributed by atoms with Crippen LogP contribution in [0.2, 0.25) is 19.6 Å². The first kappa shape index (κ1) is 22.1. The standard InChI is InChI=1S/C32H31NOSi/c1-32(2,3)21-17-24-23-13-9-10-14-28(23)34-31(24)25(18-21)27-19-29(35(4,5)6)30-22-12-8-7-11-20(22)15-16-26(30)33-27/h7-19H,1-6H3. The smallest absolute Gasteiger partial charge is 0.144 e. The number of nitrogens with zero attached hydrogens (tertiary/aromatic N) is 1. The van der Waals surface area contributed by atoms with Crippen LogP contribution in [-0.4, -0.2) is 13.1 Å². The van der Waals surface area contributed by atoms with Crippen LogP contribution in [0.1, 0.15) is 26.3 Å². The molecule has 0 aliphatic rings. The Morgan fingerprint density at radius 2 is 1.46 bits per heavy atom. The van der Waals surface area contributed by atoms with Gasteiger partial charge in [-0.25, -0.2) is 4.98 Å². The predicted molar refractivity (Wildman–Crippen MR) is 154 cm³/mol. The van der Waals surface area contributed by atoms with Crippen molar-refractivity contribution in [3.8, 4) is 11.3 Å². The van der Waals surface area contributed by atoms with Crippen LogP contribution < -0.4 is 5.19 Å². The van der Waals surface area contributed by atoms with Crippen LogP contribution in [0, 0.1) is 0 Å². The molecule has 0 unspecified atom stereocenters. The summed E-state index contributed by atoms with van der Waals surface area (Å²) in [5.41, 5.74) is 6.29. The van der Waals surface area contributed by atoms with Gasteiger partial charge in [0.25, 0.3) is 0 Å². The molecule has 0 spiro atoms. The Hall–Kier alpha value is -3.43. The number of aromatic nitrogens is 1. The van der Waals surface area contributed by atoms with E-state index in [1.165, 1.54) is 26.9 Å². The normalized spacial score (nSPS) is 12.9. The average molecular weight is 474 g/mol. The maximum absolute atomic E-state index is 6.48. The van der Waals surface area contributed by atoms with E-state index in [4.69, 9.17) is 9.40 Å². The molecule has 0 aliphatic heterocycles. The molecule has 2 nitrogen and oxygen atoms in total. The van der Waals surface area contributed by atoms with E-state index < -0.39 is 8.07 Å². The van der Waals surface area contributed by atoms with Gasteiger partial charge in [-0.2, -0.15) is 0 Å². The van der Waals surface area contributed by atoms with E-state index in [9.17, 15) is 0 Å². The van der Waals surface area contributed by atoms with E-state index in [-0.39, 0.29) is 5.41 Å². The van der Waals surface area contributed by atoms with Gasteiger partial charge in [0.05, 0.1) is 19.3 Å². The molecule has 0 bridgehead atoms. The molecule has 0 aliphatic carbocycles. The number of pyridine rings is 1. The largest absolute Gasteiger partial charge is 0.455 e. The topological polar surface area (TPSA) is 26.0 Å². The highest BCUT2D eigenvalue weighted by Crippen LogP contribution is 2.40. The lowest BCUT2D eigenvalue weighted by molar-refractivity contribution is 0.590. The minimum atomic E-state index is -1.70. The first-order valence-electron chi connectivity index (χ1n) is 12.4. The fraction of sp³-hybridized carbons (Fsp3) is 0.219. The van der Waals surface area contributed by atoms with Crippen molar-refractivity contribution in [2.24, 2.45) is 0 Å². The number of hydrogen-bond acceptors (Lipinski definition) is 2. The van der Waals surface area contributed by atoms with E-state index in [1.807, 2.05) is 6.07 Å². The number of para-hydroxylation sites is 1. The second-order valence-corrected chi connectivity index (χ2v) is 16.8. The third kappa shape index (κ3) is 3.57.